The molecule has 138 valence electrons. The molecule has 0 aliphatic carbocycles. The van der Waals surface area contributed by atoms with Gasteiger partial charge < -0.3 is 7.96 Å². The summed E-state index contributed by atoms with van der Waals surface area (Å²) in [6, 6.07) is 0. The molecule has 0 aromatic rings. The number of hydrogen-bond acceptors (Lipinski definition) is 1. The number of alkyl halides is 1. The molecule has 0 spiro atoms. The number of aliphatic hydroxyl groups is 1. The van der Waals surface area contributed by atoms with Crippen LogP contribution in [-0.2, 0) is 0 Å². The van der Waals surface area contributed by atoms with E-state index in [4.69, 9.17) is 16.7 Å². The van der Waals surface area contributed by atoms with Gasteiger partial charge in [-0.3, -0.25) is 0 Å². The number of aliphatic hydroxyl groups excluding tert-OH is 1. The van der Waals surface area contributed by atoms with E-state index in [1.807, 2.05) is 0 Å². The fourth-order valence-corrected chi connectivity index (χ4v) is 2.10. The van der Waals surface area contributed by atoms with Gasteiger partial charge in [-0.25, -0.2) is 0 Å². The fourth-order valence-electron chi connectivity index (χ4n) is 1.95. The molecule has 0 radical (unpaired) electrons. The molecular formula is C20H43ClMgO. The number of halogens is 1. The molecule has 0 bridgehead atoms. The Bertz CT molecular complexity index is 276. The van der Waals surface area contributed by atoms with Gasteiger partial charge in [0.25, 0.3) is 0 Å². The maximum absolute atomic E-state index is 8.63. The molecule has 2 unspecified atom stereocenters. The van der Waals surface area contributed by atoms with Gasteiger partial charge in [-0.05, 0) is 64.2 Å². The first-order chi connectivity index (χ1) is 9.83. The second kappa shape index (κ2) is 22.5. The summed E-state index contributed by atoms with van der Waals surface area (Å²) in [5.41, 5.74) is 2.54. The fraction of sp³-hybridized carbons (Fsp3) is 0.800. The quantitative estimate of drug-likeness (QED) is 0.243. The Morgan fingerprint density at radius 3 is 1.65 bits per heavy atom. The van der Waals surface area contributed by atoms with E-state index in [1.165, 1.54) is 36.8 Å². The predicted octanol–water partition coefficient (Wildman–Crippen LogP) is 6.84. The zero-order chi connectivity index (χ0) is 16.7. The molecule has 0 aliphatic rings. The van der Waals surface area contributed by atoms with Crippen molar-refractivity contribution in [2.45, 2.75) is 80.1 Å². The second-order valence-corrected chi connectivity index (χ2v) is 6.88. The Balaban J connectivity index is -0.0000000624. The molecule has 0 aromatic carbocycles. The summed E-state index contributed by atoms with van der Waals surface area (Å²) in [6.45, 7) is 16.5. The van der Waals surface area contributed by atoms with Crippen LogP contribution < -0.4 is 0 Å². The molecule has 3 heteroatoms. The Morgan fingerprint density at radius 1 is 0.957 bits per heavy atom. The normalized spacial score (nSPS) is 11.9. The molecule has 0 saturated heterocycles. The molecule has 0 amide bonds. The number of rotatable bonds is 11. The third-order valence-electron chi connectivity index (χ3n) is 3.49. The molecule has 1 nitrogen and oxygen atoms in total. The maximum atomic E-state index is 8.63. The van der Waals surface area contributed by atoms with Crippen molar-refractivity contribution < 1.29 is 7.96 Å². The van der Waals surface area contributed by atoms with Gasteiger partial charge in [-0.15, -0.1) is 24.8 Å². The first-order valence-electron chi connectivity index (χ1n) is 8.29. The topological polar surface area (TPSA) is 20.2 Å². The van der Waals surface area contributed by atoms with E-state index in [1.54, 1.807) is 0 Å². The number of hydrogen-bond donors (Lipinski definition) is 1. The van der Waals surface area contributed by atoms with E-state index >= 15 is 0 Å². The SMILES string of the molecule is C.C=C(C)CCCC(C)CCO.C=C(C)CCCC(C)CCl.[H-].[H-].[Mg+2]. The van der Waals surface area contributed by atoms with Crippen LogP contribution in [0.25, 0.3) is 0 Å². The minimum absolute atomic E-state index is 0. The first-order valence-corrected chi connectivity index (χ1v) is 8.82. The molecule has 1 N–H and O–H groups in total. The van der Waals surface area contributed by atoms with E-state index in [-0.39, 0.29) is 33.3 Å². The summed E-state index contributed by atoms with van der Waals surface area (Å²) in [6.07, 6.45) is 8.14. The van der Waals surface area contributed by atoms with Crippen LogP contribution in [-0.4, -0.2) is 40.6 Å². The zero-order valence-electron chi connectivity index (χ0n) is 17.5. The van der Waals surface area contributed by atoms with Gasteiger partial charge in [0.2, 0.25) is 0 Å². The van der Waals surface area contributed by atoms with Crippen LogP contribution in [0, 0.1) is 11.8 Å². The van der Waals surface area contributed by atoms with Crippen LogP contribution in [0.4, 0.5) is 0 Å². The van der Waals surface area contributed by atoms with Crippen molar-refractivity contribution in [1.29, 1.82) is 0 Å². The average molecular weight is 359 g/mol. The summed E-state index contributed by atoms with van der Waals surface area (Å²) in [5.74, 6) is 2.12. The first kappa shape index (κ1) is 31.3. The summed E-state index contributed by atoms with van der Waals surface area (Å²) < 4.78 is 0. The van der Waals surface area contributed by atoms with E-state index in [9.17, 15) is 0 Å². The Kier molecular flexibility index (Phi) is 30.6. The van der Waals surface area contributed by atoms with Crippen molar-refractivity contribution in [2.24, 2.45) is 11.8 Å². The summed E-state index contributed by atoms with van der Waals surface area (Å²) in [5, 5.41) is 8.63. The standard InChI is InChI=1S/C10H20O.C9H17Cl.CH4.Mg.2H/c1-9(2)5-4-6-10(3)7-8-11;1-8(2)5-4-6-9(3)7-10;;;;/h10-11H,1,4-8H2,2-3H3;9H,1,4-7H2,2-3H3;1H4;;;/q;;;+2;2*-1. The molecule has 0 aliphatic heterocycles. The maximum Gasteiger partial charge on any atom is 2.00 e. The molecule has 0 fully saturated rings. The monoisotopic (exact) mass is 358 g/mol. The van der Waals surface area contributed by atoms with Gasteiger partial charge in [0.05, 0.1) is 0 Å². The third-order valence-corrected chi connectivity index (χ3v) is 4.01. The van der Waals surface area contributed by atoms with Crippen molar-refractivity contribution >= 4 is 34.7 Å². The summed E-state index contributed by atoms with van der Waals surface area (Å²) in [4.78, 5) is 0. The Labute approximate surface area is 171 Å². The van der Waals surface area contributed by atoms with Crippen molar-refractivity contribution in [3.05, 3.63) is 24.3 Å². The molecule has 2 atom stereocenters. The van der Waals surface area contributed by atoms with E-state index in [0.717, 1.165) is 25.1 Å². The molecule has 23 heavy (non-hydrogen) atoms. The van der Waals surface area contributed by atoms with Crippen LogP contribution in [0.1, 0.15) is 82.9 Å². The smallest absolute Gasteiger partial charge is 1.00 e. The van der Waals surface area contributed by atoms with Gasteiger partial charge in [-0.1, -0.05) is 38.8 Å². The molecule has 0 rings (SSSR count). The van der Waals surface area contributed by atoms with Crippen LogP contribution >= 0.6 is 11.6 Å². The van der Waals surface area contributed by atoms with E-state index in [2.05, 4.69) is 40.9 Å². The van der Waals surface area contributed by atoms with Gasteiger partial charge in [0.15, 0.2) is 0 Å². The van der Waals surface area contributed by atoms with E-state index < -0.39 is 0 Å². The average Bonchev–Trinajstić information content (AvgIpc) is 2.38. The van der Waals surface area contributed by atoms with Crippen molar-refractivity contribution in [3.8, 4) is 0 Å². The second-order valence-electron chi connectivity index (χ2n) is 6.58. The molecule has 0 aromatic heterocycles. The van der Waals surface area contributed by atoms with Crippen molar-refractivity contribution in [2.75, 3.05) is 12.5 Å². The molecule has 0 saturated carbocycles. The van der Waals surface area contributed by atoms with Gasteiger partial charge in [-0.2, -0.15) is 0 Å². The van der Waals surface area contributed by atoms with Crippen LogP contribution in [0.15, 0.2) is 24.3 Å². The summed E-state index contributed by atoms with van der Waals surface area (Å²) in [7, 11) is 0. The number of allylic oxidation sites excluding steroid dienone is 2. The van der Waals surface area contributed by atoms with Crippen molar-refractivity contribution in [1.82, 2.24) is 0 Å². The molecule has 0 heterocycles. The van der Waals surface area contributed by atoms with Crippen LogP contribution in [0.3, 0.4) is 0 Å². The van der Waals surface area contributed by atoms with E-state index in [0.29, 0.717) is 18.4 Å². The minimum Gasteiger partial charge on any atom is -1.00 e. The third kappa shape index (κ3) is 30.9. The van der Waals surface area contributed by atoms with Crippen LogP contribution in [0.2, 0.25) is 0 Å². The predicted molar refractivity (Wildman–Crippen MR) is 113 cm³/mol. The van der Waals surface area contributed by atoms with Gasteiger partial charge in [0.1, 0.15) is 0 Å². The Morgan fingerprint density at radius 2 is 1.35 bits per heavy atom. The van der Waals surface area contributed by atoms with Gasteiger partial charge >= 0.3 is 23.1 Å². The summed E-state index contributed by atoms with van der Waals surface area (Å²) >= 11 is 5.64. The zero-order valence-corrected chi connectivity index (χ0v) is 17.6. The van der Waals surface area contributed by atoms with Crippen LogP contribution in [0.5, 0.6) is 0 Å². The van der Waals surface area contributed by atoms with Gasteiger partial charge in [0, 0.05) is 12.5 Å². The Hall–Kier alpha value is 0.496. The largest absolute Gasteiger partial charge is 2.00 e. The van der Waals surface area contributed by atoms with Crippen molar-refractivity contribution in [3.63, 3.8) is 0 Å². The molecular weight excluding hydrogens is 316 g/mol. The minimum atomic E-state index is 0.